The first-order valence-corrected chi connectivity index (χ1v) is 11.9. The van der Waals surface area contributed by atoms with Gasteiger partial charge in [0.15, 0.2) is 0 Å². The summed E-state index contributed by atoms with van der Waals surface area (Å²) in [5, 5.41) is 12.6. The minimum absolute atomic E-state index is 0.109. The molecular weight excluding hydrogens is 458 g/mol. The Bertz CT molecular complexity index is 1080. The molecule has 0 aromatic heterocycles. The Kier molecular flexibility index (Phi) is 9.67. The van der Waals surface area contributed by atoms with Gasteiger partial charge in [0, 0.05) is 13.0 Å². The molecule has 2 aromatic carbocycles. The van der Waals surface area contributed by atoms with Crippen LogP contribution in [0.15, 0.2) is 48.5 Å². The summed E-state index contributed by atoms with van der Waals surface area (Å²) in [5.41, 5.74) is 8.09. The van der Waals surface area contributed by atoms with Crippen LogP contribution >= 0.6 is 0 Å². The monoisotopic (exact) mass is 495 g/mol. The molecule has 8 heteroatoms. The number of primary amides is 1. The van der Waals surface area contributed by atoms with Gasteiger partial charge < -0.3 is 25.8 Å². The molecule has 0 aliphatic carbocycles. The smallest absolute Gasteiger partial charge is 0.408 e. The number of nitrogens with one attached hydrogen (secondary N) is 1. The maximum Gasteiger partial charge on any atom is 0.408 e. The zero-order valence-corrected chi connectivity index (χ0v) is 21.9. The van der Waals surface area contributed by atoms with Crippen molar-refractivity contribution in [2.24, 2.45) is 5.73 Å². The lowest BCUT2D eigenvalue weighted by molar-refractivity contribution is -0.139. The van der Waals surface area contributed by atoms with Gasteiger partial charge in [0.1, 0.15) is 23.4 Å². The van der Waals surface area contributed by atoms with Crippen LogP contribution in [-0.2, 0) is 20.7 Å². The van der Waals surface area contributed by atoms with Crippen molar-refractivity contribution in [2.45, 2.75) is 65.6 Å². The highest BCUT2D eigenvalue weighted by atomic mass is 16.6. The summed E-state index contributed by atoms with van der Waals surface area (Å²) in [6, 6.07) is 10.8. The largest absolute Gasteiger partial charge is 0.508 e. The molecule has 2 rings (SSSR count). The summed E-state index contributed by atoms with van der Waals surface area (Å²) in [4.78, 5) is 39.9. The fourth-order valence-corrected chi connectivity index (χ4v) is 3.81. The zero-order chi connectivity index (χ0) is 27.0. The number of ether oxygens (including phenoxy) is 1. The van der Waals surface area contributed by atoms with Gasteiger partial charge in [-0.2, -0.15) is 0 Å². The third-order valence-corrected chi connectivity index (χ3v) is 5.65. The lowest BCUT2D eigenvalue weighted by Gasteiger charge is -2.31. The van der Waals surface area contributed by atoms with Gasteiger partial charge in [0.05, 0.1) is 0 Å². The fourth-order valence-electron chi connectivity index (χ4n) is 3.81. The zero-order valence-electron chi connectivity index (χ0n) is 21.9. The van der Waals surface area contributed by atoms with Crippen molar-refractivity contribution in [3.05, 3.63) is 70.8 Å². The second-order valence-electron chi connectivity index (χ2n) is 9.84. The van der Waals surface area contributed by atoms with Crippen LogP contribution in [-0.4, -0.2) is 52.1 Å². The van der Waals surface area contributed by atoms with Gasteiger partial charge in [0.2, 0.25) is 11.8 Å². The molecule has 1 unspecified atom stereocenters. The van der Waals surface area contributed by atoms with E-state index in [2.05, 4.69) is 5.32 Å². The number of nitrogens with two attached hydrogens (primary N) is 1. The predicted octanol–water partition coefficient (Wildman–Crippen LogP) is 3.86. The number of aromatic hydroxyl groups is 1. The number of nitrogens with zero attached hydrogens (tertiary/aromatic N) is 1. The molecule has 0 spiro atoms. The normalized spacial score (nSPS) is 13.2. The highest BCUT2D eigenvalue weighted by Gasteiger charge is 2.32. The molecule has 3 amide bonds. The number of aryl methyl sites for hydroxylation is 2. The van der Waals surface area contributed by atoms with Crippen molar-refractivity contribution < 1.29 is 24.2 Å². The van der Waals surface area contributed by atoms with Crippen molar-refractivity contribution >= 4 is 24.0 Å². The van der Waals surface area contributed by atoms with Crippen LogP contribution in [0.4, 0.5) is 4.79 Å². The average molecular weight is 496 g/mol. The van der Waals surface area contributed by atoms with E-state index >= 15 is 0 Å². The number of phenols is 1. The molecule has 0 saturated carbocycles. The second kappa shape index (κ2) is 12.2. The Morgan fingerprint density at radius 2 is 1.69 bits per heavy atom. The van der Waals surface area contributed by atoms with Gasteiger partial charge in [-0.05, 0) is 75.9 Å². The van der Waals surface area contributed by atoms with Gasteiger partial charge in [-0.3, -0.25) is 9.59 Å². The maximum atomic E-state index is 13.8. The van der Waals surface area contributed by atoms with E-state index in [1.165, 1.54) is 4.90 Å². The van der Waals surface area contributed by atoms with Crippen molar-refractivity contribution in [1.82, 2.24) is 10.2 Å². The molecule has 8 nitrogen and oxygen atoms in total. The van der Waals surface area contributed by atoms with Crippen molar-refractivity contribution in [1.29, 1.82) is 0 Å². The number of hydrogen-bond acceptors (Lipinski definition) is 5. The van der Waals surface area contributed by atoms with Crippen LogP contribution in [0.2, 0.25) is 0 Å². The first-order chi connectivity index (χ1) is 16.8. The van der Waals surface area contributed by atoms with Crippen molar-refractivity contribution in [2.75, 3.05) is 6.54 Å². The average Bonchev–Trinajstić information content (AvgIpc) is 2.76. The van der Waals surface area contributed by atoms with E-state index in [4.69, 9.17) is 10.5 Å². The Labute approximate surface area is 213 Å². The minimum atomic E-state index is -1.03. The number of carbonyl (C=O) groups is 3. The molecule has 4 N–H and O–H groups in total. The van der Waals surface area contributed by atoms with Crippen LogP contribution in [0, 0.1) is 13.8 Å². The van der Waals surface area contributed by atoms with Gasteiger partial charge in [-0.25, -0.2) is 4.79 Å². The topological polar surface area (TPSA) is 122 Å². The van der Waals surface area contributed by atoms with E-state index in [-0.39, 0.29) is 18.7 Å². The summed E-state index contributed by atoms with van der Waals surface area (Å²) in [6.07, 6.45) is 3.01. The first-order valence-electron chi connectivity index (χ1n) is 11.9. The Hall–Kier alpha value is -3.81. The van der Waals surface area contributed by atoms with E-state index < -0.39 is 35.6 Å². The molecule has 2 atom stereocenters. The third-order valence-electron chi connectivity index (χ3n) is 5.65. The number of amides is 3. The number of carbonyl (C=O) groups excluding carboxylic acids is 3. The SMILES string of the molecule is Cc1cc(O)cc(C)c1CC(NC(=O)OC(C)(C)C)C(=O)N(CC=Cc1ccccc1)[C@H](C)C(N)=O. The standard InChI is InChI=1S/C28H37N3O5/c1-18-15-22(32)16-19(2)23(18)17-24(30-27(35)36-28(4,5)6)26(34)31(20(3)25(29)33)14-10-13-21-11-8-7-9-12-21/h7-13,15-16,20,24,32H,14,17H2,1-6H3,(H2,29,33)(H,30,35)/t20-,24?/m1/s1. The molecule has 0 fully saturated rings. The van der Waals surface area contributed by atoms with E-state index in [0.717, 1.165) is 22.3 Å². The van der Waals surface area contributed by atoms with Gasteiger partial charge >= 0.3 is 6.09 Å². The minimum Gasteiger partial charge on any atom is -0.508 e. The maximum absolute atomic E-state index is 13.8. The van der Waals surface area contributed by atoms with E-state index in [1.54, 1.807) is 45.9 Å². The summed E-state index contributed by atoms with van der Waals surface area (Å²) in [6.45, 7) is 10.5. The van der Waals surface area contributed by atoms with Crippen LogP contribution in [0.5, 0.6) is 5.75 Å². The molecular formula is C28H37N3O5. The quantitative estimate of drug-likeness (QED) is 0.488. The lowest BCUT2D eigenvalue weighted by Crippen LogP contribution is -2.55. The molecule has 0 aliphatic heterocycles. The van der Waals surface area contributed by atoms with Crippen LogP contribution in [0.25, 0.3) is 6.08 Å². The van der Waals surface area contributed by atoms with Crippen LogP contribution < -0.4 is 11.1 Å². The summed E-state index contributed by atoms with van der Waals surface area (Å²) in [5.74, 6) is -1.02. The summed E-state index contributed by atoms with van der Waals surface area (Å²) in [7, 11) is 0. The number of rotatable bonds is 9. The van der Waals surface area contributed by atoms with Crippen LogP contribution in [0.3, 0.4) is 0 Å². The van der Waals surface area contributed by atoms with Gasteiger partial charge in [-0.15, -0.1) is 0 Å². The highest BCUT2D eigenvalue weighted by Crippen LogP contribution is 2.23. The molecule has 0 bridgehead atoms. The van der Waals surface area contributed by atoms with Crippen molar-refractivity contribution in [3.8, 4) is 5.75 Å². The second-order valence-corrected chi connectivity index (χ2v) is 9.84. The Morgan fingerprint density at radius 3 is 2.22 bits per heavy atom. The highest BCUT2D eigenvalue weighted by molar-refractivity contribution is 5.91. The molecule has 0 heterocycles. The fraction of sp³-hybridized carbons (Fsp3) is 0.393. The molecule has 0 radical (unpaired) electrons. The Balaban J connectivity index is 2.40. The molecule has 2 aromatic rings. The summed E-state index contributed by atoms with van der Waals surface area (Å²) >= 11 is 0. The molecule has 36 heavy (non-hydrogen) atoms. The van der Waals surface area contributed by atoms with Crippen molar-refractivity contribution in [3.63, 3.8) is 0 Å². The van der Waals surface area contributed by atoms with E-state index in [1.807, 2.05) is 50.3 Å². The third kappa shape index (κ3) is 8.45. The number of hydrogen-bond donors (Lipinski definition) is 3. The van der Waals surface area contributed by atoms with Gasteiger partial charge in [0.25, 0.3) is 0 Å². The number of phenolic OH excluding ortho intramolecular Hbond substituents is 1. The Morgan fingerprint density at radius 1 is 1.11 bits per heavy atom. The molecule has 0 saturated heterocycles. The van der Waals surface area contributed by atoms with E-state index in [9.17, 15) is 19.5 Å². The van der Waals surface area contributed by atoms with Crippen LogP contribution in [0.1, 0.15) is 49.9 Å². The first kappa shape index (κ1) is 28.4. The van der Waals surface area contributed by atoms with E-state index in [0.29, 0.717) is 0 Å². The predicted molar refractivity (Wildman–Crippen MR) is 140 cm³/mol. The number of benzene rings is 2. The van der Waals surface area contributed by atoms with Gasteiger partial charge in [-0.1, -0.05) is 42.5 Å². The molecule has 0 aliphatic rings. The number of alkyl carbamates (subject to hydrolysis) is 1. The molecule has 194 valence electrons. The lowest BCUT2D eigenvalue weighted by atomic mass is 9.95. The summed E-state index contributed by atoms with van der Waals surface area (Å²) < 4.78 is 5.40.